The van der Waals surface area contributed by atoms with Gasteiger partial charge in [-0.25, -0.2) is 0 Å². The second-order valence-electron chi connectivity index (χ2n) is 19.8. The summed E-state index contributed by atoms with van der Waals surface area (Å²) in [6.45, 7) is 41.3. The molecule has 0 heterocycles. The number of phenols is 4. The number of hydrogen-bond acceptors (Lipinski definition) is 14. The highest BCUT2D eigenvalue weighted by Crippen LogP contribution is 2.38. The van der Waals surface area contributed by atoms with Crippen molar-refractivity contribution in [3.63, 3.8) is 0 Å². The predicted molar refractivity (Wildman–Crippen MR) is 381 cm³/mol. The van der Waals surface area contributed by atoms with Crippen LogP contribution in [0, 0.1) is 37.9 Å². The summed E-state index contributed by atoms with van der Waals surface area (Å²) in [5.41, 5.74) is 22.9. The number of nitrogen functional groups attached to an aromatic ring is 3. The molecule has 0 unspecified atom stereocenters. The molecule has 0 atom stereocenters. The molecule has 5 aromatic rings. The molecule has 3 aliphatic carbocycles. The van der Waals surface area contributed by atoms with Crippen LogP contribution in [-0.2, 0) is 10.8 Å². The van der Waals surface area contributed by atoms with Crippen molar-refractivity contribution in [2.45, 2.75) is 156 Å². The summed E-state index contributed by atoms with van der Waals surface area (Å²) in [4.78, 5) is 11.9. The minimum Gasteiger partial charge on any atom is -0.507 e. The SMILES string of the molecule is CC.CC.CC.CC.CC.CC.CC(C)(C)CC(C)(C)c1ccc(O)c(N)c1.CC(C)(C)c1cccc(N)c1O.N=C1C=CC=CC1=N.N=C1C=CC=CC1=N.N=C1C=CC=CC1=N.Nc1ccccc1O.O=C(c1ccccc1)c1ccccc1O. The molecule has 14 heteroatoms. The number of allylic oxidation sites excluding steroid dienone is 12. The molecule has 3 aliphatic rings. The van der Waals surface area contributed by atoms with Gasteiger partial charge in [0.15, 0.2) is 5.78 Å². The Kier molecular flexibility index (Phi) is 48.9. The van der Waals surface area contributed by atoms with E-state index in [1.165, 1.54) is 11.6 Å². The van der Waals surface area contributed by atoms with E-state index >= 15 is 0 Å². The highest BCUT2D eigenvalue weighted by atomic mass is 16.3. The monoisotopic (exact) mass is 1190 g/mol. The quantitative estimate of drug-likeness (QED) is 0.0354. The lowest BCUT2D eigenvalue weighted by atomic mass is 9.72. The highest BCUT2D eigenvalue weighted by molar-refractivity contribution is 6.49. The lowest BCUT2D eigenvalue weighted by Crippen LogP contribution is -2.24. The number of aromatic hydroxyl groups is 4. The Morgan fingerprint density at radius 1 is 0.391 bits per heavy atom. The van der Waals surface area contributed by atoms with E-state index in [1.807, 2.05) is 134 Å². The molecule has 0 aliphatic heterocycles. The fourth-order valence-corrected chi connectivity index (χ4v) is 6.92. The summed E-state index contributed by atoms with van der Waals surface area (Å²) >= 11 is 0. The highest BCUT2D eigenvalue weighted by Gasteiger charge is 2.27. The van der Waals surface area contributed by atoms with Crippen molar-refractivity contribution in [3.8, 4) is 23.0 Å². The molecule has 0 spiro atoms. The average Bonchev–Trinajstić information content (AvgIpc) is 3.19. The lowest BCUT2D eigenvalue weighted by molar-refractivity contribution is 0.103. The van der Waals surface area contributed by atoms with Crippen molar-refractivity contribution in [3.05, 3.63) is 210 Å². The fraction of sp³-hybridized carbons (Fsp3) is 0.329. The molecule has 8 rings (SSSR count). The first-order valence-electron chi connectivity index (χ1n) is 29.7. The zero-order chi connectivity index (χ0) is 68.5. The van der Waals surface area contributed by atoms with Crippen molar-refractivity contribution >= 4 is 57.1 Å². The molecule has 16 N–H and O–H groups in total. The Hall–Kier alpha value is -9.17. The maximum Gasteiger partial charge on any atom is 0.196 e. The van der Waals surface area contributed by atoms with Crippen LogP contribution in [0.2, 0.25) is 0 Å². The molecule has 0 radical (unpaired) electrons. The van der Waals surface area contributed by atoms with Crippen LogP contribution in [0.3, 0.4) is 0 Å². The normalized spacial score (nSPS) is 11.7. The summed E-state index contributed by atoms with van der Waals surface area (Å²) in [5, 5.41) is 79.5. The van der Waals surface area contributed by atoms with Crippen LogP contribution in [-0.4, -0.2) is 60.5 Å². The summed E-state index contributed by atoms with van der Waals surface area (Å²) in [5.74, 6) is 0.382. The van der Waals surface area contributed by atoms with E-state index in [-0.39, 0.29) is 79.3 Å². The van der Waals surface area contributed by atoms with E-state index in [0.29, 0.717) is 28.2 Å². The van der Waals surface area contributed by atoms with Gasteiger partial charge in [0.25, 0.3) is 0 Å². The van der Waals surface area contributed by atoms with Gasteiger partial charge in [-0.1, -0.05) is 248 Å². The Morgan fingerprint density at radius 3 is 1.02 bits per heavy atom. The molecule has 0 amide bonds. The standard InChI is InChI=1S/C14H23NO.C13H10O2.C10H15NO.3C6H6N2.C6H7NO.6C2H6/c1-13(2,3)9-14(4,5)10-6-7-12(16)11(15)8-10;14-12-9-5-4-8-11(12)13(15)10-6-2-1-3-7-10;1-10(2,3)7-5-4-6-8(11)9(7)12;4*7-5-3-1-2-4-6(5)8;6*1-2/h6-8,16H,9,15H2,1-5H3;1-9,14H;4-6,12H,11H2,1-3H3;3*1-4,7-8H;1-4,8H,7H2;6*1-2H3. The van der Waals surface area contributed by atoms with E-state index in [9.17, 15) is 20.1 Å². The Morgan fingerprint density at radius 2 is 0.724 bits per heavy atom. The third kappa shape index (κ3) is 37.7. The maximum atomic E-state index is 11.9. The number of carbonyl (C=O) groups excluding carboxylic acids is 1. The third-order valence-electron chi connectivity index (χ3n) is 10.6. The van der Waals surface area contributed by atoms with Gasteiger partial charge < -0.3 is 37.6 Å². The molecular weight excluding hydrogens is 1080 g/mol. The Balaban J connectivity index is -0.000000296. The van der Waals surface area contributed by atoms with Crippen LogP contribution < -0.4 is 17.2 Å². The minimum absolute atomic E-state index is 0.0198. The molecule has 87 heavy (non-hydrogen) atoms. The van der Waals surface area contributed by atoms with Crippen molar-refractivity contribution in [1.29, 1.82) is 32.5 Å². The van der Waals surface area contributed by atoms with Crippen LogP contribution in [0.5, 0.6) is 23.0 Å². The number of anilines is 3. The summed E-state index contributed by atoms with van der Waals surface area (Å²) in [6.07, 6.45) is 21.2. The molecule has 0 saturated heterocycles. The van der Waals surface area contributed by atoms with Crippen LogP contribution in [0.1, 0.15) is 172 Å². The van der Waals surface area contributed by atoms with Gasteiger partial charge in [0.2, 0.25) is 0 Å². The number of ketones is 1. The van der Waals surface area contributed by atoms with Gasteiger partial charge in [-0.05, 0) is 107 Å². The van der Waals surface area contributed by atoms with E-state index in [4.69, 9.17) is 54.8 Å². The summed E-state index contributed by atoms with van der Waals surface area (Å²) in [6, 6.07) is 33.1. The van der Waals surface area contributed by atoms with Gasteiger partial charge in [-0.15, -0.1) is 0 Å². The number of hydrogen-bond donors (Lipinski definition) is 13. The van der Waals surface area contributed by atoms with Crippen LogP contribution in [0.4, 0.5) is 17.1 Å². The predicted octanol–water partition coefficient (Wildman–Crippen LogP) is 19.2. The number of rotatable bonds is 4. The number of nitrogens with two attached hydrogens (primary N) is 3. The number of para-hydroxylation sites is 4. The van der Waals surface area contributed by atoms with Gasteiger partial charge in [0, 0.05) is 11.1 Å². The molecule has 0 saturated carbocycles. The number of phenolic OH excluding ortho intramolecular Hbond substituents is 4. The molecule has 476 valence electrons. The van der Waals surface area contributed by atoms with Crippen LogP contribution >= 0.6 is 0 Å². The minimum atomic E-state index is -0.159. The van der Waals surface area contributed by atoms with Crippen molar-refractivity contribution in [2.75, 3.05) is 17.2 Å². The van der Waals surface area contributed by atoms with E-state index < -0.39 is 0 Å². The second-order valence-corrected chi connectivity index (χ2v) is 19.8. The smallest absolute Gasteiger partial charge is 0.196 e. The zero-order valence-corrected chi connectivity index (χ0v) is 56.0. The molecule has 0 bridgehead atoms. The molecule has 0 aromatic heterocycles. The third-order valence-corrected chi connectivity index (χ3v) is 10.6. The molecule has 0 fully saturated rings. The van der Waals surface area contributed by atoms with E-state index in [2.05, 4.69) is 34.6 Å². The molecule has 5 aromatic carbocycles. The van der Waals surface area contributed by atoms with Crippen molar-refractivity contribution in [1.82, 2.24) is 0 Å². The summed E-state index contributed by atoms with van der Waals surface area (Å²) in [7, 11) is 0. The number of nitrogens with one attached hydrogen (secondary N) is 6. The average molecular weight is 1190 g/mol. The van der Waals surface area contributed by atoms with Gasteiger partial charge >= 0.3 is 0 Å². The van der Waals surface area contributed by atoms with Crippen molar-refractivity contribution in [2.24, 2.45) is 5.41 Å². The largest absolute Gasteiger partial charge is 0.507 e. The van der Waals surface area contributed by atoms with Gasteiger partial charge in [0.1, 0.15) is 23.0 Å². The molecule has 14 nitrogen and oxygen atoms in total. The first-order chi connectivity index (χ1) is 41.0. The Labute approximate surface area is 524 Å². The lowest BCUT2D eigenvalue weighted by Gasteiger charge is -2.33. The van der Waals surface area contributed by atoms with Gasteiger partial charge in [0.05, 0.1) is 56.9 Å². The maximum absolute atomic E-state index is 11.9. The van der Waals surface area contributed by atoms with Crippen LogP contribution in [0.15, 0.2) is 188 Å². The van der Waals surface area contributed by atoms with Gasteiger partial charge in [-0.2, -0.15) is 0 Å². The topological polar surface area (TPSA) is 319 Å². The first-order valence-corrected chi connectivity index (χ1v) is 29.7. The first kappa shape index (κ1) is 86.6. The zero-order valence-electron chi connectivity index (χ0n) is 56.0. The van der Waals surface area contributed by atoms with Gasteiger partial charge in [-0.3, -0.25) is 37.3 Å². The second kappa shape index (κ2) is 49.1. The van der Waals surface area contributed by atoms with E-state index in [1.54, 1.807) is 152 Å². The molecular formula is C73H109N9O5. The van der Waals surface area contributed by atoms with Crippen molar-refractivity contribution < 1.29 is 25.2 Å². The van der Waals surface area contributed by atoms with Crippen LogP contribution in [0.25, 0.3) is 0 Å². The van der Waals surface area contributed by atoms with E-state index in [0.717, 1.165) is 12.0 Å². The fourth-order valence-electron chi connectivity index (χ4n) is 6.92. The Bertz CT molecular complexity index is 2810. The number of carbonyl (C=O) groups is 1. The summed E-state index contributed by atoms with van der Waals surface area (Å²) < 4.78 is 0. The number of benzene rings is 5.